The van der Waals surface area contributed by atoms with Gasteiger partial charge >= 0.3 is 6.09 Å². The average Bonchev–Trinajstić information content (AvgIpc) is 2.24. The Balaban J connectivity index is 2.38. The van der Waals surface area contributed by atoms with Crippen LogP contribution in [-0.2, 0) is 4.74 Å². The van der Waals surface area contributed by atoms with E-state index in [0.717, 1.165) is 0 Å². The Morgan fingerprint density at radius 1 is 1.56 bits per heavy atom. The van der Waals surface area contributed by atoms with E-state index in [1.54, 1.807) is 51.3 Å². The number of aromatic hydroxyl groups is 1. The van der Waals surface area contributed by atoms with Crippen molar-refractivity contribution >= 4 is 12.2 Å². The molecule has 1 aromatic rings. The molecule has 2 N–H and O–H groups in total. The molecule has 0 unspecified atom stereocenters. The highest BCUT2D eigenvalue weighted by Gasteiger charge is 2.14. The van der Waals surface area contributed by atoms with Gasteiger partial charge in [-0.05, 0) is 39.0 Å². The SMILES string of the molecule is CC(C)(C)OC(=O)NCC=Cc1ncccc1O. The van der Waals surface area contributed by atoms with Crippen molar-refractivity contribution in [3.63, 3.8) is 0 Å². The summed E-state index contributed by atoms with van der Waals surface area (Å²) >= 11 is 0. The summed E-state index contributed by atoms with van der Waals surface area (Å²) in [4.78, 5) is 15.3. The van der Waals surface area contributed by atoms with E-state index in [4.69, 9.17) is 4.74 Å². The van der Waals surface area contributed by atoms with Gasteiger partial charge in [-0.1, -0.05) is 6.08 Å². The third kappa shape index (κ3) is 5.34. The number of carbonyl (C=O) groups is 1. The fraction of sp³-hybridized carbons (Fsp3) is 0.385. The summed E-state index contributed by atoms with van der Waals surface area (Å²) in [6.45, 7) is 5.71. The molecule has 1 rings (SSSR count). The van der Waals surface area contributed by atoms with Gasteiger partial charge in [-0.25, -0.2) is 4.79 Å². The Hall–Kier alpha value is -2.04. The number of carbonyl (C=O) groups excluding carboxylic acids is 1. The summed E-state index contributed by atoms with van der Waals surface area (Å²) in [6.07, 6.45) is 4.43. The summed E-state index contributed by atoms with van der Waals surface area (Å²) in [7, 11) is 0. The molecular formula is C13H18N2O3. The van der Waals surface area contributed by atoms with Crippen molar-refractivity contribution in [3.05, 3.63) is 30.1 Å². The van der Waals surface area contributed by atoms with Gasteiger partial charge in [0, 0.05) is 12.7 Å². The van der Waals surface area contributed by atoms with Crippen molar-refractivity contribution in [3.8, 4) is 5.75 Å². The molecule has 18 heavy (non-hydrogen) atoms. The lowest BCUT2D eigenvalue weighted by atomic mass is 10.2. The molecule has 0 fully saturated rings. The first-order valence-corrected chi connectivity index (χ1v) is 5.66. The van der Waals surface area contributed by atoms with Gasteiger partial charge in [0.2, 0.25) is 0 Å². The number of hydrogen-bond acceptors (Lipinski definition) is 4. The molecule has 98 valence electrons. The molecular weight excluding hydrogens is 232 g/mol. The lowest BCUT2D eigenvalue weighted by Crippen LogP contribution is -2.32. The van der Waals surface area contributed by atoms with Crippen LogP contribution >= 0.6 is 0 Å². The molecule has 1 heterocycles. The van der Waals surface area contributed by atoms with Crippen LogP contribution in [0.3, 0.4) is 0 Å². The molecule has 0 aliphatic carbocycles. The predicted molar refractivity (Wildman–Crippen MR) is 69.2 cm³/mol. The van der Waals surface area contributed by atoms with E-state index in [1.165, 1.54) is 0 Å². The normalized spacial score (nSPS) is 11.5. The topological polar surface area (TPSA) is 71.5 Å². The fourth-order valence-electron chi connectivity index (χ4n) is 1.16. The lowest BCUT2D eigenvalue weighted by Gasteiger charge is -2.19. The summed E-state index contributed by atoms with van der Waals surface area (Å²) in [5, 5.41) is 12.0. The first kappa shape index (κ1) is 14.0. The molecule has 1 aromatic heterocycles. The average molecular weight is 250 g/mol. The van der Waals surface area contributed by atoms with Crippen LogP contribution in [-0.4, -0.2) is 28.3 Å². The number of pyridine rings is 1. The Kier molecular flexibility index (Phi) is 4.71. The fourth-order valence-corrected chi connectivity index (χ4v) is 1.16. The van der Waals surface area contributed by atoms with Crippen LogP contribution in [0, 0.1) is 0 Å². The number of amides is 1. The quantitative estimate of drug-likeness (QED) is 0.863. The van der Waals surface area contributed by atoms with Gasteiger partial charge in [-0.15, -0.1) is 0 Å². The van der Waals surface area contributed by atoms with Crippen LogP contribution in [0.15, 0.2) is 24.4 Å². The standard InChI is InChI=1S/C13H18N2O3/c1-13(2,3)18-12(17)15-9-4-6-10-11(16)7-5-8-14-10/h4-8,16H,9H2,1-3H3,(H,15,17). The smallest absolute Gasteiger partial charge is 0.407 e. The number of rotatable bonds is 3. The Labute approximate surface area is 107 Å². The zero-order valence-electron chi connectivity index (χ0n) is 10.8. The van der Waals surface area contributed by atoms with Gasteiger partial charge in [0.15, 0.2) is 0 Å². The molecule has 0 saturated carbocycles. The van der Waals surface area contributed by atoms with E-state index < -0.39 is 11.7 Å². The van der Waals surface area contributed by atoms with Gasteiger partial charge in [0.25, 0.3) is 0 Å². The minimum absolute atomic E-state index is 0.103. The zero-order chi connectivity index (χ0) is 13.6. The van der Waals surface area contributed by atoms with Gasteiger partial charge < -0.3 is 15.2 Å². The van der Waals surface area contributed by atoms with Crippen molar-refractivity contribution < 1.29 is 14.6 Å². The van der Waals surface area contributed by atoms with E-state index in [0.29, 0.717) is 12.2 Å². The highest BCUT2D eigenvalue weighted by Crippen LogP contribution is 2.13. The number of ether oxygens (including phenoxy) is 1. The summed E-state index contributed by atoms with van der Waals surface area (Å²) in [6, 6.07) is 3.19. The zero-order valence-corrected chi connectivity index (χ0v) is 10.8. The van der Waals surface area contributed by atoms with Crippen LogP contribution in [0.1, 0.15) is 26.5 Å². The Bertz CT molecular complexity index is 436. The monoisotopic (exact) mass is 250 g/mol. The van der Waals surface area contributed by atoms with Crippen molar-refractivity contribution in [2.24, 2.45) is 0 Å². The number of aromatic nitrogens is 1. The highest BCUT2D eigenvalue weighted by molar-refractivity contribution is 5.68. The molecule has 5 nitrogen and oxygen atoms in total. The number of nitrogens with one attached hydrogen (secondary N) is 1. The summed E-state index contributed by atoms with van der Waals surface area (Å²) in [5.41, 5.74) is -0.0453. The van der Waals surface area contributed by atoms with Crippen LogP contribution in [0.5, 0.6) is 5.75 Å². The molecule has 0 aliphatic rings. The third-order valence-electron chi connectivity index (χ3n) is 1.86. The first-order valence-electron chi connectivity index (χ1n) is 5.66. The van der Waals surface area contributed by atoms with Crippen molar-refractivity contribution in [1.82, 2.24) is 10.3 Å². The number of nitrogens with zero attached hydrogens (tertiary/aromatic N) is 1. The van der Waals surface area contributed by atoms with Gasteiger partial charge in [0.05, 0.1) is 0 Å². The number of hydrogen-bond donors (Lipinski definition) is 2. The molecule has 0 atom stereocenters. The molecule has 0 aromatic carbocycles. The molecule has 0 aliphatic heterocycles. The minimum atomic E-state index is -0.507. The van der Waals surface area contributed by atoms with Gasteiger partial charge in [-0.3, -0.25) is 4.98 Å². The number of alkyl carbamates (subject to hydrolysis) is 1. The predicted octanol–water partition coefficient (Wildman–Crippen LogP) is 2.33. The first-order chi connectivity index (χ1) is 8.38. The Morgan fingerprint density at radius 2 is 2.28 bits per heavy atom. The second-order valence-corrected chi connectivity index (χ2v) is 4.69. The van der Waals surface area contributed by atoms with E-state index in [1.807, 2.05) is 0 Å². The van der Waals surface area contributed by atoms with Crippen molar-refractivity contribution in [2.75, 3.05) is 6.54 Å². The van der Waals surface area contributed by atoms with Crippen LogP contribution in [0.4, 0.5) is 4.79 Å². The van der Waals surface area contributed by atoms with Gasteiger partial charge in [-0.2, -0.15) is 0 Å². The minimum Gasteiger partial charge on any atom is -0.506 e. The van der Waals surface area contributed by atoms with Gasteiger partial charge in [0.1, 0.15) is 17.0 Å². The van der Waals surface area contributed by atoms with E-state index in [2.05, 4.69) is 10.3 Å². The second-order valence-electron chi connectivity index (χ2n) is 4.69. The maximum atomic E-state index is 11.3. The molecule has 1 amide bonds. The van der Waals surface area contributed by atoms with Crippen LogP contribution in [0.2, 0.25) is 0 Å². The van der Waals surface area contributed by atoms with E-state index in [9.17, 15) is 9.90 Å². The molecule has 0 saturated heterocycles. The largest absolute Gasteiger partial charge is 0.506 e. The van der Waals surface area contributed by atoms with Crippen LogP contribution < -0.4 is 5.32 Å². The second kappa shape index (κ2) is 6.05. The molecule has 0 spiro atoms. The van der Waals surface area contributed by atoms with E-state index in [-0.39, 0.29) is 5.75 Å². The summed E-state index contributed by atoms with van der Waals surface area (Å²) < 4.78 is 5.06. The molecule has 0 bridgehead atoms. The Morgan fingerprint density at radius 3 is 2.89 bits per heavy atom. The highest BCUT2D eigenvalue weighted by atomic mass is 16.6. The molecule has 0 radical (unpaired) electrons. The third-order valence-corrected chi connectivity index (χ3v) is 1.86. The van der Waals surface area contributed by atoms with E-state index >= 15 is 0 Å². The summed E-state index contributed by atoms with van der Waals surface area (Å²) in [5.74, 6) is 0.103. The molecule has 5 heteroatoms. The maximum absolute atomic E-state index is 11.3. The van der Waals surface area contributed by atoms with Crippen molar-refractivity contribution in [2.45, 2.75) is 26.4 Å². The maximum Gasteiger partial charge on any atom is 0.407 e. The van der Waals surface area contributed by atoms with Crippen molar-refractivity contribution in [1.29, 1.82) is 0 Å². The lowest BCUT2D eigenvalue weighted by molar-refractivity contribution is 0.0534. The van der Waals surface area contributed by atoms with Crippen LogP contribution in [0.25, 0.3) is 6.08 Å².